The maximum Gasteiger partial charge on any atom is 0.319 e. The lowest BCUT2D eigenvalue weighted by molar-refractivity contribution is 0.148. The van der Waals surface area contributed by atoms with E-state index in [1.54, 1.807) is 0 Å². The zero-order valence-corrected chi connectivity index (χ0v) is 13.1. The second-order valence-electron chi connectivity index (χ2n) is 6.26. The number of urea groups is 1. The largest absolute Gasteiger partial charge is 0.381 e. The van der Waals surface area contributed by atoms with Crippen LogP contribution in [0.3, 0.4) is 0 Å². The van der Waals surface area contributed by atoms with E-state index in [1.807, 2.05) is 0 Å². The molecule has 0 aromatic carbocycles. The van der Waals surface area contributed by atoms with E-state index < -0.39 is 5.82 Å². The normalized spacial score (nSPS) is 22.9. The third-order valence-electron chi connectivity index (χ3n) is 4.48. The number of halogens is 1. The van der Waals surface area contributed by atoms with E-state index in [0.717, 1.165) is 58.3 Å². The van der Waals surface area contributed by atoms with E-state index >= 15 is 0 Å². The minimum atomic E-state index is -0.531. The van der Waals surface area contributed by atoms with E-state index in [1.165, 1.54) is 12.3 Å². The summed E-state index contributed by atoms with van der Waals surface area (Å²) in [7, 11) is 0. The summed E-state index contributed by atoms with van der Waals surface area (Å²) < 4.78 is 18.9. The van der Waals surface area contributed by atoms with Crippen LogP contribution >= 0.6 is 0 Å². The van der Waals surface area contributed by atoms with Gasteiger partial charge in [-0.05, 0) is 31.2 Å². The van der Waals surface area contributed by atoms with Crippen molar-refractivity contribution < 1.29 is 13.9 Å². The van der Waals surface area contributed by atoms with Gasteiger partial charge in [-0.3, -0.25) is 4.98 Å². The molecule has 2 saturated heterocycles. The van der Waals surface area contributed by atoms with Gasteiger partial charge in [0.2, 0.25) is 0 Å². The molecule has 0 aliphatic carbocycles. The molecule has 3 rings (SSSR count). The molecule has 7 heteroatoms. The fraction of sp³-hybridized carbons (Fsp3) is 0.625. The van der Waals surface area contributed by atoms with Gasteiger partial charge in [0.05, 0.1) is 18.5 Å². The summed E-state index contributed by atoms with van der Waals surface area (Å²) in [5.41, 5.74) is 0.149. The zero-order valence-electron chi connectivity index (χ0n) is 13.1. The molecular weight excluding hydrogens is 299 g/mol. The van der Waals surface area contributed by atoms with Gasteiger partial charge in [-0.25, -0.2) is 9.18 Å². The second kappa shape index (κ2) is 7.70. The first-order chi connectivity index (χ1) is 11.2. The molecule has 2 aliphatic heterocycles. The number of pyridine rings is 1. The van der Waals surface area contributed by atoms with Crippen LogP contribution in [-0.2, 0) is 4.74 Å². The van der Waals surface area contributed by atoms with Gasteiger partial charge >= 0.3 is 6.03 Å². The number of rotatable bonds is 4. The summed E-state index contributed by atoms with van der Waals surface area (Å²) in [6.07, 6.45) is 5.52. The average molecular weight is 322 g/mol. The number of hydrogen-bond donors (Lipinski definition) is 2. The van der Waals surface area contributed by atoms with Crippen LogP contribution in [0.15, 0.2) is 18.5 Å². The van der Waals surface area contributed by atoms with Gasteiger partial charge in [0.1, 0.15) is 0 Å². The van der Waals surface area contributed by atoms with Crippen LogP contribution in [0.1, 0.15) is 19.3 Å². The van der Waals surface area contributed by atoms with Crippen molar-refractivity contribution in [2.45, 2.75) is 25.3 Å². The number of likely N-dealkylation sites (tertiary alicyclic amines) is 1. The van der Waals surface area contributed by atoms with Crippen molar-refractivity contribution in [2.75, 3.05) is 38.2 Å². The first-order valence-electron chi connectivity index (χ1n) is 8.18. The molecule has 1 aromatic heterocycles. The number of amides is 2. The molecule has 0 saturated carbocycles. The average Bonchev–Trinajstić information content (AvgIpc) is 3.04. The van der Waals surface area contributed by atoms with Gasteiger partial charge in [-0.15, -0.1) is 0 Å². The summed E-state index contributed by atoms with van der Waals surface area (Å²) in [4.78, 5) is 18.1. The van der Waals surface area contributed by atoms with Crippen LogP contribution in [0.25, 0.3) is 0 Å². The maximum atomic E-state index is 13.5. The molecule has 6 nitrogen and oxygen atoms in total. The minimum absolute atomic E-state index is 0.135. The van der Waals surface area contributed by atoms with Gasteiger partial charge in [-0.1, -0.05) is 0 Å². The van der Waals surface area contributed by atoms with E-state index in [2.05, 4.69) is 20.5 Å². The fourth-order valence-electron chi connectivity index (χ4n) is 3.17. The second-order valence-corrected chi connectivity index (χ2v) is 6.26. The molecule has 2 aliphatic rings. The monoisotopic (exact) mass is 322 g/mol. The molecule has 3 heterocycles. The Hall–Kier alpha value is -1.73. The number of piperidine rings is 1. The third-order valence-corrected chi connectivity index (χ3v) is 4.48. The number of ether oxygens (including phenoxy) is 1. The predicted octanol–water partition coefficient (Wildman–Crippen LogP) is 1.84. The molecule has 0 bridgehead atoms. The molecule has 2 N–H and O–H groups in total. The van der Waals surface area contributed by atoms with Gasteiger partial charge in [-0.2, -0.15) is 0 Å². The van der Waals surface area contributed by atoms with Crippen LogP contribution in [-0.4, -0.2) is 54.8 Å². The highest BCUT2D eigenvalue weighted by Gasteiger charge is 2.24. The molecule has 2 amide bonds. The van der Waals surface area contributed by atoms with Gasteiger partial charge < -0.3 is 20.3 Å². The van der Waals surface area contributed by atoms with E-state index in [4.69, 9.17) is 4.74 Å². The number of aromatic nitrogens is 1. The number of carbonyl (C=O) groups is 1. The molecular formula is C16H23FN4O2. The van der Waals surface area contributed by atoms with Crippen molar-refractivity contribution in [1.82, 2.24) is 15.2 Å². The summed E-state index contributed by atoms with van der Waals surface area (Å²) in [5.74, 6) is 0.119. The van der Waals surface area contributed by atoms with E-state index in [9.17, 15) is 9.18 Å². The topological polar surface area (TPSA) is 66.5 Å². The lowest BCUT2D eigenvalue weighted by Gasteiger charge is -2.33. The molecule has 2 fully saturated rings. The molecule has 23 heavy (non-hydrogen) atoms. The summed E-state index contributed by atoms with van der Waals surface area (Å²) >= 11 is 0. The van der Waals surface area contributed by atoms with Crippen molar-refractivity contribution >= 4 is 11.7 Å². The highest BCUT2D eigenvalue weighted by molar-refractivity contribution is 5.89. The smallest absolute Gasteiger partial charge is 0.319 e. The Morgan fingerprint density at radius 2 is 2.22 bits per heavy atom. The SMILES string of the molecule is O=C(Nc1ccncc1F)NC1CCN(C[C@@H]2CCOC2)CC1. The standard InChI is InChI=1S/C16H23FN4O2/c17-14-9-18-5-1-15(14)20-16(22)19-13-2-6-21(7-3-13)10-12-4-8-23-11-12/h1,5,9,12-13H,2-4,6-8,10-11H2,(H2,18,19,20,22)/t12-/m0/s1. The van der Waals surface area contributed by atoms with E-state index in [0.29, 0.717) is 5.92 Å². The first kappa shape index (κ1) is 16.1. The molecule has 1 aromatic rings. The van der Waals surface area contributed by atoms with Crippen LogP contribution in [0.2, 0.25) is 0 Å². The Kier molecular flexibility index (Phi) is 5.40. The summed E-state index contributed by atoms with van der Waals surface area (Å²) in [6, 6.07) is 1.22. The van der Waals surface area contributed by atoms with Crippen LogP contribution in [0.5, 0.6) is 0 Å². The predicted molar refractivity (Wildman–Crippen MR) is 84.7 cm³/mol. The van der Waals surface area contributed by atoms with Gasteiger partial charge in [0.15, 0.2) is 5.82 Å². The molecule has 0 spiro atoms. The maximum absolute atomic E-state index is 13.5. The Labute approximate surface area is 135 Å². The first-order valence-corrected chi connectivity index (χ1v) is 8.18. The molecule has 126 valence electrons. The Bertz CT molecular complexity index is 529. The lowest BCUT2D eigenvalue weighted by atomic mass is 10.0. The number of hydrogen-bond acceptors (Lipinski definition) is 4. The van der Waals surface area contributed by atoms with Crippen molar-refractivity contribution in [3.8, 4) is 0 Å². The Morgan fingerprint density at radius 1 is 1.39 bits per heavy atom. The number of anilines is 1. The molecule has 0 unspecified atom stereocenters. The number of nitrogens with zero attached hydrogens (tertiary/aromatic N) is 2. The minimum Gasteiger partial charge on any atom is -0.381 e. The zero-order chi connectivity index (χ0) is 16.1. The van der Waals surface area contributed by atoms with Crippen molar-refractivity contribution in [2.24, 2.45) is 5.92 Å². The Balaban J connectivity index is 1.40. The quantitative estimate of drug-likeness (QED) is 0.888. The highest BCUT2D eigenvalue weighted by atomic mass is 19.1. The molecule has 1 atom stereocenters. The van der Waals surface area contributed by atoms with Crippen LogP contribution in [0, 0.1) is 11.7 Å². The number of nitrogens with one attached hydrogen (secondary N) is 2. The van der Waals surface area contributed by atoms with Crippen LogP contribution in [0.4, 0.5) is 14.9 Å². The Morgan fingerprint density at radius 3 is 2.91 bits per heavy atom. The molecule has 0 radical (unpaired) electrons. The summed E-state index contributed by atoms with van der Waals surface area (Å²) in [5, 5.41) is 5.45. The fourth-order valence-corrected chi connectivity index (χ4v) is 3.17. The number of carbonyl (C=O) groups excluding carboxylic acids is 1. The van der Waals surface area contributed by atoms with Crippen LogP contribution < -0.4 is 10.6 Å². The van der Waals surface area contributed by atoms with Crippen molar-refractivity contribution in [3.05, 3.63) is 24.3 Å². The van der Waals surface area contributed by atoms with Gasteiger partial charge in [0.25, 0.3) is 0 Å². The van der Waals surface area contributed by atoms with E-state index in [-0.39, 0.29) is 17.8 Å². The van der Waals surface area contributed by atoms with Gasteiger partial charge in [0, 0.05) is 38.5 Å². The van der Waals surface area contributed by atoms with Crippen molar-refractivity contribution in [1.29, 1.82) is 0 Å². The van der Waals surface area contributed by atoms with Crippen molar-refractivity contribution in [3.63, 3.8) is 0 Å². The highest BCUT2D eigenvalue weighted by Crippen LogP contribution is 2.18. The summed E-state index contributed by atoms with van der Waals surface area (Å²) in [6.45, 7) is 4.80. The lowest BCUT2D eigenvalue weighted by Crippen LogP contribution is -2.47. The third kappa shape index (κ3) is 4.62.